The molecule has 1 fully saturated rings. The molecule has 0 radical (unpaired) electrons. The highest BCUT2D eigenvalue weighted by atomic mass is 35.5. The molecule has 2 unspecified atom stereocenters. The van der Waals surface area contributed by atoms with Crippen molar-refractivity contribution in [3.63, 3.8) is 0 Å². The van der Waals surface area contributed by atoms with Crippen LogP contribution in [-0.4, -0.2) is 31.7 Å². The van der Waals surface area contributed by atoms with E-state index in [0.717, 1.165) is 5.56 Å². The van der Waals surface area contributed by atoms with Crippen molar-refractivity contribution in [3.05, 3.63) is 58.6 Å². The number of rotatable bonds is 5. The van der Waals surface area contributed by atoms with E-state index in [1.54, 1.807) is 0 Å². The Morgan fingerprint density at radius 2 is 1.96 bits per heavy atom. The fourth-order valence-corrected chi connectivity index (χ4v) is 3.68. The van der Waals surface area contributed by atoms with Crippen molar-refractivity contribution in [2.24, 2.45) is 0 Å². The minimum Gasteiger partial charge on any atom is -0.486 e. The number of nitrogens with one attached hydrogen (secondary N) is 3. The summed E-state index contributed by atoms with van der Waals surface area (Å²) in [4.78, 5) is 12.4. The molecule has 0 aromatic heterocycles. The molecule has 0 saturated carbocycles. The number of fused-ring (bicyclic) bond motifs is 1. The zero-order valence-corrected chi connectivity index (χ0v) is 15.6. The number of amides is 1. The van der Waals surface area contributed by atoms with Gasteiger partial charge in [-0.25, -0.2) is 10.9 Å². The van der Waals surface area contributed by atoms with Crippen LogP contribution < -0.4 is 25.6 Å². The Bertz CT molecular complexity index is 816. The third-order valence-electron chi connectivity index (χ3n) is 4.79. The van der Waals surface area contributed by atoms with Crippen molar-refractivity contribution >= 4 is 17.5 Å². The topological polar surface area (TPSA) is 71.6 Å². The van der Waals surface area contributed by atoms with E-state index in [1.807, 2.05) is 30.3 Å². The lowest BCUT2D eigenvalue weighted by atomic mass is 10.0. The smallest absolute Gasteiger partial charge is 0.238 e. The lowest BCUT2D eigenvalue weighted by molar-refractivity contribution is -0.122. The number of halogens is 1. The highest BCUT2D eigenvalue weighted by Crippen LogP contribution is 2.38. The van der Waals surface area contributed by atoms with Crippen molar-refractivity contribution in [3.8, 4) is 11.5 Å². The van der Waals surface area contributed by atoms with Crippen molar-refractivity contribution in [2.45, 2.75) is 24.9 Å². The third-order valence-corrected chi connectivity index (χ3v) is 5.07. The lowest BCUT2D eigenvalue weighted by Gasteiger charge is -2.20. The van der Waals surface area contributed by atoms with Crippen LogP contribution in [0.2, 0.25) is 5.02 Å². The van der Waals surface area contributed by atoms with E-state index in [0.29, 0.717) is 49.1 Å². The predicted octanol–water partition coefficient (Wildman–Crippen LogP) is 2.38. The molecule has 6 nitrogen and oxygen atoms in total. The summed E-state index contributed by atoms with van der Waals surface area (Å²) in [6.45, 7) is 1.56. The van der Waals surface area contributed by atoms with E-state index in [-0.39, 0.29) is 18.0 Å². The molecule has 3 N–H and O–H groups in total. The summed E-state index contributed by atoms with van der Waals surface area (Å²) >= 11 is 6.26. The van der Waals surface area contributed by atoms with Crippen LogP contribution in [0.1, 0.15) is 23.6 Å². The average Bonchev–Trinajstić information content (AvgIpc) is 3.19. The number of ether oxygens (including phenoxy) is 2. The number of carbonyl (C=O) groups is 1. The van der Waals surface area contributed by atoms with Crippen molar-refractivity contribution in [2.75, 3.05) is 19.8 Å². The van der Waals surface area contributed by atoms with Crippen LogP contribution in [0.4, 0.5) is 0 Å². The Hall–Kier alpha value is -2.28. The van der Waals surface area contributed by atoms with Gasteiger partial charge in [-0.3, -0.25) is 4.79 Å². The Morgan fingerprint density at radius 3 is 2.81 bits per heavy atom. The van der Waals surface area contributed by atoms with Gasteiger partial charge in [-0.05, 0) is 36.1 Å². The molecule has 0 aliphatic carbocycles. The minimum absolute atomic E-state index is 0.00966. The van der Waals surface area contributed by atoms with Gasteiger partial charge in [0.25, 0.3) is 0 Å². The van der Waals surface area contributed by atoms with Crippen molar-refractivity contribution in [1.82, 2.24) is 16.2 Å². The monoisotopic (exact) mass is 387 g/mol. The first-order valence-corrected chi connectivity index (χ1v) is 9.50. The number of hydrogen-bond donors (Lipinski definition) is 3. The fourth-order valence-electron chi connectivity index (χ4n) is 3.39. The van der Waals surface area contributed by atoms with E-state index < -0.39 is 0 Å². The maximum atomic E-state index is 12.4. The Kier molecular flexibility index (Phi) is 5.48. The highest BCUT2D eigenvalue weighted by molar-refractivity contribution is 6.32. The number of hydrazine groups is 1. The number of benzene rings is 2. The SMILES string of the molecule is O=C(NCCc1cc(Cl)c2c(c1)OCCO2)C1CC(c2ccccc2)NN1. The van der Waals surface area contributed by atoms with Gasteiger partial charge in [-0.15, -0.1) is 0 Å². The summed E-state index contributed by atoms with van der Waals surface area (Å²) in [5.41, 5.74) is 8.46. The molecule has 4 rings (SSSR count). The first kappa shape index (κ1) is 18.1. The van der Waals surface area contributed by atoms with Crippen LogP contribution in [0.15, 0.2) is 42.5 Å². The molecule has 1 saturated heterocycles. The van der Waals surface area contributed by atoms with E-state index in [1.165, 1.54) is 5.56 Å². The molecule has 2 aliphatic heterocycles. The molecule has 0 spiro atoms. The summed E-state index contributed by atoms with van der Waals surface area (Å²) in [7, 11) is 0. The van der Waals surface area contributed by atoms with Gasteiger partial charge in [0.05, 0.1) is 5.02 Å². The van der Waals surface area contributed by atoms with E-state index >= 15 is 0 Å². The fraction of sp³-hybridized carbons (Fsp3) is 0.350. The van der Waals surface area contributed by atoms with Gasteiger partial charge in [-0.1, -0.05) is 41.9 Å². The highest BCUT2D eigenvalue weighted by Gasteiger charge is 2.29. The van der Waals surface area contributed by atoms with Crippen LogP contribution in [0.3, 0.4) is 0 Å². The normalized spacial score (nSPS) is 21.1. The van der Waals surface area contributed by atoms with E-state index in [4.69, 9.17) is 21.1 Å². The van der Waals surface area contributed by atoms with Gasteiger partial charge in [0.1, 0.15) is 19.3 Å². The van der Waals surface area contributed by atoms with Crippen molar-refractivity contribution in [1.29, 1.82) is 0 Å². The maximum absolute atomic E-state index is 12.4. The Balaban J connectivity index is 1.28. The minimum atomic E-state index is -0.251. The second kappa shape index (κ2) is 8.17. The first-order valence-electron chi connectivity index (χ1n) is 9.12. The molecule has 2 aromatic rings. The zero-order chi connectivity index (χ0) is 18.6. The molecular formula is C20H22ClN3O3. The van der Waals surface area contributed by atoms with Crippen LogP contribution in [0.25, 0.3) is 0 Å². The lowest BCUT2D eigenvalue weighted by Crippen LogP contribution is -2.43. The molecule has 142 valence electrons. The van der Waals surface area contributed by atoms with E-state index in [2.05, 4.69) is 28.3 Å². The molecule has 2 aliphatic rings. The largest absolute Gasteiger partial charge is 0.486 e. The first-order chi connectivity index (χ1) is 13.2. The molecule has 2 atom stereocenters. The Morgan fingerprint density at radius 1 is 1.15 bits per heavy atom. The van der Waals surface area contributed by atoms with Crippen LogP contribution in [0.5, 0.6) is 11.5 Å². The van der Waals surface area contributed by atoms with Gasteiger partial charge < -0.3 is 14.8 Å². The molecule has 7 heteroatoms. The Labute approximate surface area is 163 Å². The number of carbonyl (C=O) groups excluding carboxylic acids is 1. The van der Waals surface area contributed by atoms with Crippen LogP contribution in [0, 0.1) is 0 Å². The van der Waals surface area contributed by atoms with Gasteiger partial charge in [0, 0.05) is 12.6 Å². The average molecular weight is 388 g/mol. The zero-order valence-electron chi connectivity index (χ0n) is 14.8. The summed E-state index contributed by atoms with van der Waals surface area (Å²) < 4.78 is 11.1. The summed E-state index contributed by atoms with van der Waals surface area (Å²) in [6.07, 6.45) is 1.38. The quantitative estimate of drug-likeness (QED) is 0.734. The van der Waals surface area contributed by atoms with Crippen molar-refractivity contribution < 1.29 is 14.3 Å². The predicted molar refractivity (Wildman–Crippen MR) is 103 cm³/mol. The standard InChI is InChI=1S/C20H22ClN3O3/c21-15-10-13(11-18-19(15)27-9-8-26-18)6-7-22-20(25)17-12-16(23-24-17)14-4-2-1-3-5-14/h1-5,10-11,16-17,23-24H,6-9,12H2,(H,22,25). The second-order valence-electron chi connectivity index (χ2n) is 6.68. The van der Waals surface area contributed by atoms with Crippen LogP contribution >= 0.6 is 11.6 Å². The van der Waals surface area contributed by atoms with Crippen LogP contribution in [-0.2, 0) is 11.2 Å². The summed E-state index contributed by atoms with van der Waals surface area (Å²) in [6, 6.07) is 13.8. The third kappa shape index (κ3) is 4.18. The van der Waals surface area contributed by atoms with Gasteiger partial charge in [0.15, 0.2) is 11.5 Å². The van der Waals surface area contributed by atoms with Gasteiger partial charge >= 0.3 is 0 Å². The summed E-state index contributed by atoms with van der Waals surface area (Å²) in [5, 5.41) is 3.53. The summed E-state index contributed by atoms with van der Waals surface area (Å²) in [5.74, 6) is 1.26. The molecule has 27 heavy (non-hydrogen) atoms. The van der Waals surface area contributed by atoms with E-state index in [9.17, 15) is 4.79 Å². The second-order valence-corrected chi connectivity index (χ2v) is 7.09. The maximum Gasteiger partial charge on any atom is 0.238 e. The molecular weight excluding hydrogens is 366 g/mol. The molecule has 2 aromatic carbocycles. The molecule has 2 heterocycles. The molecule has 1 amide bonds. The number of hydrogen-bond acceptors (Lipinski definition) is 5. The molecule has 0 bridgehead atoms. The van der Waals surface area contributed by atoms with Gasteiger partial charge in [0.2, 0.25) is 5.91 Å². The van der Waals surface area contributed by atoms with Gasteiger partial charge in [-0.2, -0.15) is 0 Å².